The first-order chi connectivity index (χ1) is 9.61. The van der Waals surface area contributed by atoms with Gasteiger partial charge in [-0.25, -0.2) is 4.98 Å². The number of nitrogens with zero attached hydrogens (tertiary/aromatic N) is 2. The minimum Gasteiger partial charge on any atom is -0.353 e. The molecular formula is C14H20N4O2. The van der Waals surface area contributed by atoms with E-state index in [0.29, 0.717) is 30.6 Å². The van der Waals surface area contributed by atoms with Crippen molar-refractivity contribution < 1.29 is 4.79 Å². The molecule has 1 aromatic rings. The summed E-state index contributed by atoms with van der Waals surface area (Å²) in [7, 11) is 1.78. The molecule has 1 saturated carbocycles. The van der Waals surface area contributed by atoms with Gasteiger partial charge in [-0.15, -0.1) is 0 Å². The summed E-state index contributed by atoms with van der Waals surface area (Å²) in [5.74, 6) is 0.683. The van der Waals surface area contributed by atoms with Crippen LogP contribution in [0.4, 0.5) is 5.95 Å². The van der Waals surface area contributed by atoms with E-state index in [9.17, 15) is 9.59 Å². The average Bonchev–Trinajstić information content (AvgIpc) is 3.00. The quantitative estimate of drug-likeness (QED) is 0.865. The summed E-state index contributed by atoms with van der Waals surface area (Å²) in [6.07, 6.45) is 5.14. The molecule has 2 aliphatic rings. The molecule has 1 aliphatic heterocycles. The van der Waals surface area contributed by atoms with Crippen LogP contribution in [-0.4, -0.2) is 40.4 Å². The Balaban J connectivity index is 1.79. The van der Waals surface area contributed by atoms with Crippen molar-refractivity contribution in [1.82, 2.24) is 14.9 Å². The average molecular weight is 276 g/mol. The fourth-order valence-corrected chi connectivity index (χ4v) is 3.08. The lowest BCUT2D eigenvalue weighted by atomic mass is 10.0. The number of H-pyrrole nitrogens is 1. The summed E-state index contributed by atoms with van der Waals surface area (Å²) in [6, 6.07) is 1.91. The minimum atomic E-state index is -0.155. The molecule has 2 N–H and O–H groups in total. The largest absolute Gasteiger partial charge is 0.353 e. The van der Waals surface area contributed by atoms with E-state index < -0.39 is 0 Å². The summed E-state index contributed by atoms with van der Waals surface area (Å²) in [4.78, 5) is 32.3. The Kier molecular flexibility index (Phi) is 3.46. The van der Waals surface area contributed by atoms with Gasteiger partial charge in [-0.2, -0.15) is 0 Å². The summed E-state index contributed by atoms with van der Waals surface area (Å²) in [5.41, 5.74) is 0.560. The Labute approximate surface area is 117 Å². The van der Waals surface area contributed by atoms with Gasteiger partial charge in [0.15, 0.2) is 0 Å². The third-order valence-corrected chi connectivity index (χ3v) is 4.22. The number of likely N-dealkylation sites (tertiary alicyclic amines) is 1. The third kappa shape index (κ3) is 2.69. The van der Waals surface area contributed by atoms with Gasteiger partial charge in [-0.1, -0.05) is 12.8 Å². The first-order valence-electron chi connectivity index (χ1n) is 7.23. The molecule has 1 aliphatic carbocycles. The first kappa shape index (κ1) is 13.1. The second-order valence-electron chi connectivity index (χ2n) is 5.82. The van der Waals surface area contributed by atoms with Crippen molar-refractivity contribution in [2.24, 2.45) is 0 Å². The lowest BCUT2D eigenvalue weighted by molar-refractivity contribution is -0.126. The van der Waals surface area contributed by atoms with Gasteiger partial charge < -0.3 is 10.2 Å². The smallest absolute Gasteiger partial charge is 0.252 e. The standard InChI is InChI=1S/C14H20N4O2/c1-18-8-9(6-13(18)20)11-7-12(19)17-14(16-11)15-10-4-2-3-5-10/h7,9-10H,2-6,8H2,1H3,(H2,15,16,17,19). The molecule has 0 radical (unpaired) electrons. The van der Waals surface area contributed by atoms with E-state index in [1.165, 1.54) is 18.9 Å². The molecule has 1 atom stereocenters. The maximum atomic E-state index is 11.8. The predicted molar refractivity (Wildman–Crippen MR) is 75.7 cm³/mol. The van der Waals surface area contributed by atoms with Crippen molar-refractivity contribution in [2.75, 3.05) is 18.9 Å². The maximum Gasteiger partial charge on any atom is 0.252 e. The highest BCUT2D eigenvalue weighted by molar-refractivity contribution is 5.79. The predicted octanol–water partition coefficient (Wildman–Crippen LogP) is 1.07. The van der Waals surface area contributed by atoms with Crippen molar-refractivity contribution >= 4 is 11.9 Å². The van der Waals surface area contributed by atoms with Crippen molar-refractivity contribution in [1.29, 1.82) is 0 Å². The lowest BCUT2D eigenvalue weighted by Crippen LogP contribution is -2.22. The van der Waals surface area contributed by atoms with Crippen LogP contribution in [0.2, 0.25) is 0 Å². The highest BCUT2D eigenvalue weighted by Gasteiger charge is 2.29. The molecule has 1 aromatic heterocycles. The van der Waals surface area contributed by atoms with Gasteiger partial charge in [0.2, 0.25) is 11.9 Å². The van der Waals surface area contributed by atoms with Gasteiger partial charge in [0, 0.05) is 38.0 Å². The molecule has 0 spiro atoms. The molecule has 6 heteroatoms. The van der Waals surface area contributed by atoms with Gasteiger partial charge in [0.1, 0.15) is 0 Å². The number of rotatable bonds is 3. The van der Waals surface area contributed by atoms with E-state index in [0.717, 1.165) is 12.8 Å². The van der Waals surface area contributed by atoms with Gasteiger partial charge in [0.05, 0.1) is 5.69 Å². The zero-order chi connectivity index (χ0) is 14.1. The van der Waals surface area contributed by atoms with E-state index in [1.807, 2.05) is 0 Å². The van der Waals surface area contributed by atoms with Crippen LogP contribution in [-0.2, 0) is 4.79 Å². The van der Waals surface area contributed by atoms with E-state index in [1.54, 1.807) is 11.9 Å². The molecule has 20 heavy (non-hydrogen) atoms. The van der Waals surface area contributed by atoms with Gasteiger partial charge in [-0.3, -0.25) is 14.6 Å². The SMILES string of the molecule is CN1CC(c2cc(=O)[nH]c(NC3CCCC3)n2)CC1=O. The molecule has 3 rings (SSSR count). The fourth-order valence-electron chi connectivity index (χ4n) is 3.08. The topological polar surface area (TPSA) is 78.1 Å². The first-order valence-corrected chi connectivity index (χ1v) is 7.23. The zero-order valence-electron chi connectivity index (χ0n) is 11.7. The number of hydrogen-bond acceptors (Lipinski definition) is 4. The van der Waals surface area contributed by atoms with E-state index in [-0.39, 0.29) is 17.4 Å². The lowest BCUT2D eigenvalue weighted by Gasteiger charge is -2.14. The van der Waals surface area contributed by atoms with Crippen LogP contribution in [0.25, 0.3) is 0 Å². The van der Waals surface area contributed by atoms with Crippen molar-refractivity contribution in [3.63, 3.8) is 0 Å². The number of carbonyl (C=O) groups is 1. The Morgan fingerprint density at radius 1 is 1.35 bits per heavy atom. The number of aromatic nitrogens is 2. The summed E-state index contributed by atoms with van der Waals surface area (Å²) in [6.45, 7) is 0.637. The Hall–Kier alpha value is -1.85. The van der Waals surface area contributed by atoms with Crippen LogP contribution >= 0.6 is 0 Å². The van der Waals surface area contributed by atoms with Gasteiger partial charge in [0.25, 0.3) is 5.56 Å². The second kappa shape index (κ2) is 5.26. The number of nitrogens with one attached hydrogen (secondary N) is 2. The number of likely N-dealkylation sites (N-methyl/N-ethyl adjacent to an activating group) is 1. The van der Waals surface area contributed by atoms with Crippen LogP contribution in [0.1, 0.15) is 43.7 Å². The molecular weight excluding hydrogens is 256 g/mol. The highest BCUT2D eigenvalue weighted by atomic mass is 16.2. The Morgan fingerprint density at radius 3 is 2.75 bits per heavy atom. The number of aromatic amines is 1. The summed E-state index contributed by atoms with van der Waals surface area (Å²) >= 11 is 0. The molecule has 0 bridgehead atoms. The molecule has 108 valence electrons. The number of amides is 1. The van der Waals surface area contributed by atoms with Crippen LogP contribution in [0.3, 0.4) is 0 Å². The highest BCUT2D eigenvalue weighted by Crippen LogP contribution is 2.26. The van der Waals surface area contributed by atoms with Crippen molar-refractivity contribution in [3.05, 3.63) is 22.1 Å². The third-order valence-electron chi connectivity index (χ3n) is 4.22. The van der Waals surface area contributed by atoms with Crippen LogP contribution in [0.5, 0.6) is 0 Å². The normalized spacial score (nSPS) is 23.6. The monoisotopic (exact) mass is 276 g/mol. The summed E-state index contributed by atoms with van der Waals surface area (Å²) < 4.78 is 0. The maximum absolute atomic E-state index is 11.8. The van der Waals surface area contributed by atoms with Gasteiger partial charge >= 0.3 is 0 Å². The molecule has 2 fully saturated rings. The number of anilines is 1. The van der Waals surface area contributed by atoms with Crippen molar-refractivity contribution in [2.45, 2.75) is 44.1 Å². The minimum absolute atomic E-state index is 0.0268. The number of carbonyl (C=O) groups excluding carboxylic acids is 1. The molecule has 1 saturated heterocycles. The van der Waals surface area contributed by atoms with Crippen LogP contribution in [0, 0.1) is 0 Å². The fraction of sp³-hybridized carbons (Fsp3) is 0.643. The molecule has 0 aromatic carbocycles. The molecule has 1 amide bonds. The second-order valence-corrected chi connectivity index (χ2v) is 5.82. The zero-order valence-corrected chi connectivity index (χ0v) is 11.7. The molecule has 6 nitrogen and oxygen atoms in total. The van der Waals surface area contributed by atoms with Crippen LogP contribution in [0.15, 0.2) is 10.9 Å². The van der Waals surface area contributed by atoms with Crippen molar-refractivity contribution in [3.8, 4) is 0 Å². The van der Waals surface area contributed by atoms with Crippen LogP contribution < -0.4 is 10.9 Å². The molecule has 2 heterocycles. The number of hydrogen-bond donors (Lipinski definition) is 2. The summed E-state index contributed by atoms with van der Waals surface area (Å²) in [5, 5.41) is 3.30. The van der Waals surface area contributed by atoms with E-state index in [2.05, 4.69) is 15.3 Å². The molecule has 1 unspecified atom stereocenters. The Bertz CT molecular complexity index is 563. The Morgan fingerprint density at radius 2 is 2.10 bits per heavy atom. The van der Waals surface area contributed by atoms with E-state index in [4.69, 9.17) is 0 Å². The van der Waals surface area contributed by atoms with Gasteiger partial charge in [-0.05, 0) is 12.8 Å². The van der Waals surface area contributed by atoms with E-state index >= 15 is 0 Å².